The lowest BCUT2D eigenvalue weighted by Crippen LogP contribution is -2.29. The molecule has 1 aromatic heterocycles. The van der Waals surface area contributed by atoms with Gasteiger partial charge in [0.25, 0.3) is 5.78 Å². The van der Waals surface area contributed by atoms with Gasteiger partial charge < -0.3 is 10.2 Å². The number of aromatic hydroxyl groups is 1. The van der Waals surface area contributed by atoms with Crippen LogP contribution < -0.4 is 4.90 Å². The number of aromatic nitrogens is 1. The summed E-state index contributed by atoms with van der Waals surface area (Å²) in [4.78, 5) is 32.5. The third-order valence-corrected chi connectivity index (χ3v) is 7.08. The zero-order valence-electron chi connectivity index (χ0n) is 18.2. The first-order valence-electron chi connectivity index (χ1n) is 10.5. The van der Waals surface area contributed by atoms with E-state index in [0.29, 0.717) is 26.8 Å². The topological polar surface area (TPSA) is 90.7 Å². The Morgan fingerprint density at radius 1 is 1.06 bits per heavy atom. The molecular weight excluding hydrogens is 472 g/mol. The van der Waals surface area contributed by atoms with E-state index < -0.39 is 17.7 Å². The second-order valence-corrected chi connectivity index (χ2v) is 9.64. The molecule has 1 atom stereocenters. The third kappa shape index (κ3) is 3.63. The van der Waals surface area contributed by atoms with Crippen molar-refractivity contribution in [3.8, 4) is 5.75 Å². The maximum Gasteiger partial charge on any atom is 0.301 e. The number of Topliss-reactive ketones (excluding diaryl/α,β-unsaturated/α-hetero) is 1. The SMILES string of the molecule is Cc1ccc(C)c(C(O)=C2C(=O)C(=O)N(c3nc4ccc(Cl)cc4s3)C2c2cccc(O)c2)c1. The molecule has 1 saturated heterocycles. The Kier molecular flexibility index (Phi) is 5.38. The fraction of sp³-hybridized carbons (Fsp3) is 0.115. The summed E-state index contributed by atoms with van der Waals surface area (Å²) in [5.74, 6) is -1.90. The molecule has 3 aromatic carbocycles. The standard InChI is InChI=1S/C26H19ClN2O4S/c1-13-6-7-14(2)18(10-13)23(31)21-22(15-4-3-5-17(30)11-15)29(25(33)24(21)32)26-28-19-9-8-16(27)12-20(19)34-26/h3-12,22,30-31H,1-2H3. The van der Waals surface area contributed by atoms with Crippen LogP contribution in [0.3, 0.4) is 0 Å². The van der Waals surface area contributed by atoms with Crippen LogP contribution in [-0.4, -0.2) is 26.9 Å². The summed E-state index contributed by atoms with van der Waals surface area (Å²) in [6.07, 6.45) is 0. The van der Waals surface area contributed by atoms with Crippen LogP contribution in [0.25, 0.3) is 16.0 Å². The van der Waals surface area contributed by atoms with Crippen LogP contribution in [0.4, 0.5) is 5.13 Å². The molecule has 6 nitrogen and oxygen atoms in total. The lowest BCUT2D eigenvalue weighted by atomic mass is 9.93. The van der Waals surface area contributed by atoms with E-state index >= 15 is 0 Å². The average Bonchev–Trinajstić information content (AvgIpc) is 3.33. The number of phenolic OH excluding ortho intramolecular Hbond substituents is 1. The number of fused-ring (bicyclic) bond motifs is 1. The normalized spacial score (nSPS) is 17.6. The first-order valence-corrected chi connectivity index (χ1v) is 11.7. The minimum absolute atomic E-state index is 0.0223. The average molecular weight is 491 g/mol. The highest BCUT2D eigenvalue weighted by Gasteiger charge is 2.48. The fourth-order valence-electron chi connectivity index (χ4n) is 4.17. The van der Waals surface area contributed by atoms with Gasteiger partial charge >= 0.3 is 5.91 Å². The molecule has 1 amide bonds. The number of carbonyl (C=O) groups excluding carboxylic acids is 2. The number of aryl methyl sites for hydroxylation is 2. The highest BCUT2D eigenvalue weighted by atomic mass is 35.5. The summed E-state index contributed by atoms with van der Waals surface area (Å²) in [5.41, 5.74) is 3.19. The second-order valence-electron chi connectivity index (χ2n) is 8.19. The Balaban J connectivity index is 1.77. The molecule has 1 unspecified atom stereocenters. The molecule has 8 heteroatoms. The number of halogens is 1. The summed E-state index contributed by atoms with van der Waals surface area (Å²) < 4.78 is 0.758. The summed E-state index contributed by atoms with van der Waals surface area (Å²) >= 11 is 7.34. The molecule has 1 fully saturated rings. The highest BCUT2D eigenvalue weighted by molar-refractivity contribution is 7.22. The second kappa shape index (κ2) is 8.27. The number of rotatable bonds is 3. The van der Waals surface area contributed by atoms with Crippen LogP contribution in [0.1, 0.15) is 28.3 Å². The van der Waals surface area contributed by atoms with Crippen LogP contribution in [-0.2, 0) is 9.59 Å². The number of amides is 1. The van der Waals surface area contributed by atoms with E-state index in [0.717, 1.165) is 15.8 Å². The number of hydrogen-bond acceptors (Lipinski definition) is 6. The maximum absolute atomic E-state index is 13.3. The number of thiazole rings is 1. The number of phenols is 1. The summed E-state index contributed by atoms with van der Waals surface area (Å²) in [5, 5.41) is 22.3. The van der Waals surface area contributed by atoms with E-state index in [9.17, 15) is 19.8 Å². The summed E-state index contributed by atoms with van der Waals surface area (Å²) in [6.45, 7) is 3.71. The van der Waals surface area contributed by atoms with Crippen LogP contribution >= 0.6 is 22.9 Å². The molecule has 5 rings (SSSR count). The number of anilines is 1. The van der Waals surface area contributed by atoms with E-state index in [4.69, 9.17) is 11.6 Å². The quantitative estimate of drug-likeness (QED) is 0.212. The fourth-order valence-corrected chi connectivity index (χ4v) is 5.43. The highest BCUT2D eigenvalue weighted by Crippen LogP contribution is 2.45. The van der Waals surface area contributed by atoms with Gasteiger partial charge in [-0.15, -0.1) is 0 Å². The molecule has 1 aliphatic heterocycles. The minimum atomic E-state index is -0.969. The van der Waals surface area contributed by atoms with Crippen molar-refractivity contribution >= 4 is 55.7 Å². The Morgan fingerprint density at radius 2 is 1.85 bits per heavy atom. The Bertz CT molecular complexity index is 1520. The zero-order valence-corrected chi connectivity index (χ0v) is 19.8. The number of carbonyl (C=O) groups is 2. The lowest BCUT2D eigenvalue weighted by molar-refractivity contribution is -0.132. The van der Waals surface area contributed by atoms with Crippen molar-refractivity contribution in [1.82, 2.24) is 4.98 Å². The summed E-state index contributed by atoms with van der Waals surface area (Å²) in [6, 6.07) is 16.1. The molecule has 1 aliphatic rings. The van der Waals surface area contributed by atoms with E-state index in [-0.39, 0.29) is 17.1 Å². The largest absolute Gasteiger partial charge is 0.508 e. The van der Waals surface area contributed by atoms with Crippen LogP contribution in [0, 0.1) is 13.8 Å². The number of benzene rings is 3. The van der Waals surface area contributed by atoms with Crippen LogP contribution in [0.15, 0.2) is 66.2 Å². The van der Waals surface area contributed by atoms with Gasteiger partial charge in [-0.05, 0) is 61.4 Å². The Hall–Kier alpha value is -3.68. The molecule has 0 radical (unpaired) electrons. The van der Waals surface area contributed by atoms with Gasteiger partial charge in [-0.2, -0.15) is 0 Å². The third-order valence-electron chi connectivity index (χ3n) is 5.82. The van der Waals surface area contributed by atoms with Gasteiger partial charge in [-0.1, -0.05) is 52.8 Å². The van der Waals surface area contributed by atoms with Gasteiger partial charge in [0.15, 0.2) is 5.13 Å². The van der Waals surface area contributed by atoms with Crippen molar-refractivity contribution in [2.24, 2.45) is 0 Å². The molecule has 2 N–H and O–H groups in total. The molecular formula is C26H19ClN2O4S. The van der Waals surface area contributed by atoms with E-state index in [1.165, 1.54) is 28.4 Å². The van der Waals surface area contributed by atoms with Crippen molar-refractivity contribution in [2.45, 2.75) is 19.9 Å². The maximum atomic E-state index is 13.3. The lowest BCUT2D eigenvalue weighted by Gasteiger charge is -2.23. The van der Waals surface area contributed by atoms with Crippen molar-refractivity contribution in [3.05, 3.63) is 93.5 Å². The monoisotopic (exact) mass is 490 g/mol. The predicted molar refractivity (Wildman–Crippen MR) is 133 cm³/mol. The minimum Gasteiger partial charge on any atom is -0.508 e. The van der Waals surface area contributed by atoms with Crippen LogP contribution in [0.5, 0.6) is 5.75 Å². The van der Waals surface area contributed by atoms with E-state index in [1.807, 2.05) is 26.0 Å². The van der Waals surface area contributed by atoms with Gasteiger partial charge in [-0.25, -0.2) is 4.98 Å². The van der Waals surface area contributed by atoms with E-state index in [2.05, 4.69) is 4.98 Å². The molecule has 4 aromatic rings. The molecule has 2 heterocycles. The first kappa shape index (κ1) is 22.1. The first-order chi connectivity index (χ1) is 16.2. The number of aliphatic hydroxyl groups excluding tert-OH is 1. The number of aliphatic hydroxyl groups is 1. The predicted octanol–water partition coefficient (Wildman–Crippen LogP) is 5.90. The van der Waals surface area contributed by atoms with Crippen molar-refractivity contribution in [2.75, 3.05) is 4.90 Å². The molecule has 34 heavy (non-hydrogen) atoms. The van der Waals surface area contributed by atoms with E-state index in [1.54, 1.807) is 36.4 Å². The smallest absolute Gasteiger partial charge is 0.301 e. The zero-order chi connectivity index (χ0) is 24.1. The van der Waals surface area contributed by atoms with Gasteiger partial charge in [0.05, 0.1) is 21.8 Å². The van der Waals surface area contributed by atoms with Crippen molar-refractivity contribution < 1.29 is 19.8 Å². The number of ketones is 1. The molecule has 0 bridgehead atoms. The molecule has 0 saturated carbocycles. The van der Waals surface area contributed by atoms with Gasteiger partial charge in [-0.3, -0.25) is 14.5 Å². The van der Waals surface area contributed by atoms with Gasteiger partial charge in [0.1, 0.15) is 11.5 Å². The van der Waals surface area contributed by atoms with Gasteiger partial charge in [0.2, 0.25) is 0 Å². The molecule has 0 spiro atoms. The Labute approximate surface area is 204 Å². The summed E-state index contributed by atoms with van der Waals surface area (Å²) in [7, 11) is 0. The van der Waals surface area contributed by atoms with Crippen molar-refractivity contribution in [3.63, 3.8) is 0 Å². The number of hydrogen-bond donors (Lipinski definition) is 2. The van der Waals surface area contributed by atoms with Crippen molar-refractivity contribution in [1.29, 1.82) is 0 Å². The van der Waals surface area contributed by atoms with Crippen LogP contribution in [0.2, 0.25) is 5.02 Å². The molecule has 170 valence electrons. The Morgan fingerprint density at radius 3 is 2.62 bits per heavy atom. The number of nitrogens with zero attached hydrogens (tertiary/aromatic N) is 2. The molecule has 0 aliphatic carbocycles. The van der Waals surface area contributed by atoms with Gasteiger partial charge in [0, 0.05) is 10.6 Å².